The third kappa shape index (κ3) is 5.32. The monoisotopic (exact) mass is 371 g/mol. The molecule has 0 aliphatic heterocycles. The molecule has 0 saturated heterocycles. The molecule has 134 valence electrons. The molecule has 0 aliphatic rings. The Morgan fingerprint density at radius 2 is 1.96 bits per heavy atom. The van der Waals surface area contributed by atoms with Crippen molar-refractivity contribution in [1.29, 1.82) is 0 Å². The van der Waals surface area contributed by atoms with Crippen molar-refractivity contribution in [3.8, 4) is 0 Å². The summed E-state index contributed by atoms with van der Waals surface area (Å²) in [6.45, 7) is 1.87. The Labute approximate surface area is 146 Å². The van der Waals surface area contributed by atoms with Gasteiger partial charge in [-0.3, -0.25) is 4.79 Å². The van der Waals surface area contributed by atoms with E-state index in [0.717, 1.165) is 23.5 Å². The molecule has 2 N–H and O–H groups in total. The van der Waals surface area contributed by atoms with Gasteiger partial charge in [0, 0.05) is 11.3 Å². The topological polar surface area (TPSA) is 66.4 Å². The molecule has 0 aliphatic carbocycles. The van der Waals surface area contributed by atoms with E-state index in [1.165, 1.54) is 12.1 Å². The highest BCUT2D eigenvalue weighted by Crippen LogP contribution is 2.31. The number of rotatable bonds is 6. The van der Waals surface area contributed by atoms with Gasteiger partial charge in [0.05, 0.1) is 12.1 Å². The van der Waals surface area contributed by atoms with Crippen LogP contribution in [0.3, 0.4) is 0 Å². The van der Waals surface area contributed by atoms with Gasteiger partial charge in [-0.2, -0.15) is 13.2 Å². The molecule has 25 heavy (non-hydrogen) atoms. The van der Waals surface area contributed by atoms with Gasteiger partial charge in [0.1, 0.15) is 4.88 Å². The van der Waals surface area contributed by atoms with Crippen molar-refractivity contribution in [3.05, 3.63) is 57.3 Å². The van der Waals surface area contributed by atoms with Crippen LogP contribution >= 0.6 is 11.3 Å². The maximum atomic E-state index is 12.7. The highest BCUT2D eigenvalue weighted by molar-refractivity contribution is 7.13. The lowest BCUT2D eigenvalue weighted by Gasteiger charge is -2.14. The zero-order valence-corrected chi connectivity index (χ0v) is 14.1. The van der Waals surface area contributed by atoms with E-state index < -0.39 is 17.7 Å². The minimum absolute atomic E-state index is 0.0402. The number of aromatic carboxylic acids is 1. The van der Waals surface area contributed by atoms with Gasteiger partial charge in [-0.25, -0.2) is 4.79 Å². The van der Waals surface area contributed by atoms with Gasteiger partial charge in [-0.05, 0) is 29.7 Å². The van der Waals surface area contributed by atoms with Gasteiger partial charge in [0.15, 0.2) is 0 Å². The molecular formula is C17H16F3NO3S. The number of carboxylic acids is 1. The summed E-state index contributed by atoms with van der Waals surface area (Å²) in [4.78, 5) is 23.6. The summed E-state index contributed by atoms with van der Waals surface area (Å²) in [7, 11) is 0. The summed E-state index contributed by atoms with van der Waals surface area (Å²) >= 11 is 1.06. The fraction of sp³-hybridized carbons (Fsp3) is 0.294. The first-order valence-corrected chi connectivity index (χ1v) is 8.24. The van der Waals surface area contributed by atoms with Crippen LogP contribution in [0.1, 0.15) is 44.9 Å². The first kappa shape index (κ1) is 19.0. The molecule has 1 aromatic heterocycles. The number of benzene rings is 1. The average molecular weight is 371 g/mol. The number of amides is 1. The Morgan fingerprint density at radius 1 is 1.24 bits per heavy atom. The number of halogens is 3. The number of hydrogen-bond acceptors (Lipinski definition) is 3. The van der Waals surface area contributed by atoms with Crippen LogP contribution in [0.25, 0.3) is 0 Å². The summed E-state index contributed by atoms with van der Waals surface area (Å²) in [5.41, 5.74) is -0.300. The molecule has 8 heteroatoms. The third-order valence-electron chi connectivity index (χ3n) is 3.61. The summed E-state index contributed by atoms with van der Waals surface area (Å²) in [5.74, 6) is -1.71. The molecule has 0 fully saturated rings. The SMILES string of the molecule is CC(CC(=O)NCc1ccc(C(=O)O)s1)c1cccc(C(F)(F)F)c1. The smallest absolute Gasteiger partial charge is 0.416 e. The van der Waals surface area contributed by atoms with Crippen molar-refractivity contribution in [2.75, 3.05) is 0 Å². The van der Waals surface area contributed by atoms with Crippen LogP contribution in [-0.2, 0) is 17.5 Å². The van der Waals surface area contributed by atoms with E-state index in [1.807, 2.05) is 0 Å². The molecule has 1 amide bonds. The van der Waals surface area contributed by atoms with Gasteiger partial charge in [-0.1, -0.05) is 25.1 Å². The number of nitrogens with one attached hydrogen (secondary N) is 1. The van der Waals surface area contributed by atoms with Crippen molar-refractivity contribution in [2.45, 2.75) is 32.0 Å². The lowest BCUT2D eigenvalue weighted by molar-refractivity contribution is -0.137. The fourth-order valence-electron chi connectivity index (χ4n) is 2.26. The molecule has 2 aromatic rings. The summed E-state index contributed by atoms with van der Waals surface area (Å²) in [6.07, 6.45) is -4.38. The molecule has 4 nitrogen and oxygen atoms in total. The van der Waals surface area contributed by atoms with Crippen LogP contribution in [-0.4, -0.2) is 17.0 Å². The highest BCUT2D eigenvalue weighted by atomic mass is 32.1. The predicted octanol–water partition coefficient (Wildman–Crippen LogP) is 4.28. The van der Waals surface area contributed by atoms with Gasteiger partial charge in [0.2, 0.25) is 5.91 Å². The maximum absolute atomic E-state index is 12.7. The van der Waals surface area contributed by atoms with Gasteiger partial charge >= 0.3 is 12.1 Å². The highest BCUT2D eigenvalue weighted by Gasteiger charge is 2.30. The minimum atomic E-state index is -4.42. The lowest BCUT2D eigenvalue weighted by Crippen LogP contribution is -2.23. The molecule has 2 rings (SSSR count). The number of alkyl halides is 3. The number of carbonyl (C=O) groups excluding carboxylic acids is 1. The quantitative estimate of drug-likeness (QED) is 0.797. The van der Waals surface area contributed by atoms with Crippen molar-refractivity contribution in [3.63, 3.8) is 0 Å². The van der Waals surface area contributed by atoms with E-state index in [1.54, 1.807) is 19.1 Å². The molecule has 0 radical (unpaired) electrons. The zero-order chi connectivity index (χ0) is 18.6. The van der Waals surface area contributed by atoms with Crippen LogP contribution < -0.4 is 5.32 Å². The Morgan fingerprint density at radius 3 is 2.56 bits per heavy atom. The van der Waals surface area contributed by atoms with E-state index in [9.17, 15) is 22.8 Å². The maximum Gasteiger partial charge on any atom is 0.416 e. The Kier molecular flexibility index (Phi) is 5.84. The molecule has 1 heterocycles. The van der Waals surface area contributed by atoms with Crippen molar-refractivity contribution in [1.82, 2.24) is 5.32 Å². The van der Waals surface area contributed by atoms with E-state index in [-0.39, 0.29) is 29.7 Å². The standard InChI is InChI=1S/C17H16F3NO3S/c1-10(11-3-2-4-12(8-11)17(18,19)20)7-15(22)21-9-13-5-6-14(25-13)16(23)24/h2-6,8,10H,7,9H2,1H3,(H,21,22)(H,23,24). The summed E-state index contributed by atoms with van der Waals surface area (Å²) in [6, 6.07) is 8.01. The summed E-state index contributed by atoms with van der Waals surface area (Å²) < 4.78 is 38.2. The molecule has 0 spiro atoms. The van der Waals surface area contributed by atoms with Gasteiger partial charge < -0.3 is 10.4 Å². The van der Waals surface area contributed by atoms with Gasteiger partial charge in [0.25, 0.3) is 0 Å². The molecule has 1 aromatic carbocycles. The van der Waals surface area contributed by atoms with Crippen LogP contribution in [0.5, 0.6) is 0 Å². The van der Waals surface area contributed by atoms with Crippen LogP contribution in [0.4, 0.5) is 13.2 Å². The minimum Gasteiger partial charge on any atom is -0.477 e. The van der Waals surface area contributed by atoms with Crippen molar-refractivity contribution in [2.24, 2.45) is 0 Å². The fourth-order valence-corrected chi connectivity index (χ4v) is 3.05. The molecule has 0 bridgehead atoms. The lowest BCUT2D eigenvalue weighted by atomic mass is 9.95. The molecule has 1 unspecified atom stereocenters. The molecule has 1 atom stereocenters. The zero-order valence-electron chi connectivity index (χ0n) is 13.3. The third-order valence-corrected chi connectivity index (χ3v) is 4.68. The normalized spacial score (nSPS) is 12.6. The Hall–Kier alpha value is -2.35. The summed E-state index contributed by atoms with van der Waals surface area (Å²) in [5, 5.41) is 11.5. The largest absolute Gasteiger partial charge is 0.477 e. The molecule has 0 saturated carbocycles. The van der Waals surface area contributed by atoms with E-state index in [0.29, 0.717) is 10.4 Å². The van der Waals surface area contributed by atoms with Crippen LogP contribution in [0, 0.1) is 0 Å². The first-order chi connectivity index (χ1) is 11.7. The second-order valence-electron chi connectivity index (χ2n) is 5.58. The van der Waals surface area contributed by atoms with Crippen LogP contribution in [0.15, 0.2) is 36.4 Å². The first-order valence-electron chi connectivity index (χ1n) is 7.42. The second kappa shape index (κ2) is 7.69. The van der Waals surface area contributed by atoms with E-state index in [2.05, 4.69) is 5.32 Å². The number of hydrogen-bond donors (Lipinski definition) is 2. The molecular weight excluding hydrogens is 355 g/mol. The Bertz CT molecular complexity index is 770. The number of carbonyl (C=O) groups is 2. The number of thiophene rings is 1. The van der Waals surface area contributed by atoms with Crippen LogP contribution in [0.2, 0.25) is 0 Å². The van der Waals surface area contributed by atoms with E-state index >= 15 is 0 Å². The number of carboxylic acid groups (broad SMARTS) is 1. The second-order valence-corrected chi connectivity index (χ2v) is 6.74. The van der Waals surface area contributed by atoms with Crippen molar-refractivity contribution >= 4 is 23.2 Å². The Balaban J connectivity index is 1.92. The average Bonchev–Trinajstić information content (AvgIpc) is 3.01. The predicted molar refractivity (Wildman–Crippen MR) is 87.6 cm³/mol. The van der Waals surface area contributed by atoms with E-state index in [4.69, 9.17) is 5.11 Å². The van der Waals surface area contributed by atoms with Crippen molar-refractivity contribution < 1.29 is 27.9 Å². The van der Waals surface area contributed by atoms with Gasteiger partial charge in [-0.15, -0.1) is 11.3 Å².